The fourth-order valence-corrected chi connectivity index (χ4v) is 2.24. The van der Waals surface area contributed by atoms with E-state index < -0.39 is 0 Å². The van der Waals surface area contributed by atoms with Gasteiger partial charge in [-0.15, -0.1) is 0 Å². The molecule has 0 bridgehead atoms. The number of hydrogen-bond donors (Lipinski definition) is 0. The maximum Gasteiger partial charge on any atom is 0.146 e. The van der Waals surface area contributed by atoms with Gasteiger partial charge >= 0.3 is 0 Å². The fraction of sp³-hybridized carbons (Fsp3) is 0.143. The van der Waals surface area contributed by atoms with E-state index in [0.29, 0.717) is 20.8 Å². The summed E-state index contributed by atoms with van der Waals surface area (Å²) in [6.07, 6.45) is 0.834. The third-order valence-corrected chi connectivity index (χ3v) is 3.28. The summed E-state index contributed by atoms with van der Waals surface area (Å²) in [4.78, 5) is 0. The Labute approximate surface area is 121 Å². The molecule has 0 aliphatic carbocycles. The minimum atomic E-state index is 0.486. The Bertz CT molecular complexity index is 567. The van der Waals surface area contributed by atoms with Gasteiger partial charge in [0.25, 0.3) is 0 Å². The lowest BCUT2D eigenvalue weighted by molar-refractivity contribution is 0.477. The first-order chi connectivity index (χ1) is 8.60. The molecule has 18 heavy (non-hydrogen) atoms. The molecule has 94 valence electrons. The second-order valence-corrected chi connectivity index (χ2v) is 5.06. The van der Waals surface area contributed by atoms with Crippen LogP contribution in [0.1, 0.15) is 12.5 Å². The van der Waals surface area contributed by atoms with E-state index >= 15 is 0 Å². The van der Waals surface area contributed by atoms with Crippen LogP contribution in [0.5, 0.6) is 11.5 Å². The van der Waals surface area contributed by atoms with Gasteiger partial charge < -0.3 is 4.74 Å². The van der Waals surface area contributed by atoms with Gasteiger partial charge in [-0.25, -0.2) is 0 Å². The molecule has 0 heterocycles. The van der Waals surface area contributed by atoms with Crippen molar-refractivity contribution in [1.29, 1.82) is 0 Å². The standard InChI is InChI=1S/C14H11Cl3O/c1-2-9-7-10(15)3-5-13(9)18-14-6-4-11(16)8-12(14)17/h3-8H,2H2,1H3. The van der Waals surface area contributed by atoms with Gasteiger partial charge in [-0.1, -0.05) is 41.7 Å². The van der Waals surface area contributed by atoms with Gasteiger partial charge in [0.1, 0.15) is 11.5 Å². The zero-order valence-electron chi connectivity index (χ0n) is 9.71. The van der Waals surface area contributed by atoms with Crippen LogP contribution in [0.3, 0.4) is 0 Å². The Morgan fingerprint density at radius 1 is 0.889 bits per heavy atom. The Balaban J connectivity index is 2.33. The Morgan fingerprint density at radius 2 is 1.50 bits per heavy atom. The smallest absolute Gasteiger partial charge is 0.146 e. The van der Waals surface area contributed by atoms with Crippen LogP contribution in [-0.4, -0.2) is 0 Å². The van der Waals surface area contributed by atoms with Gasteiger partial charge in [-0.2, -0.15) is 0 Å². The molecule has 2 aromatic rings. The highest BCUT2D eigenvalue weighted by Crippen LogP contribution is 2.34. The number of halogens is 3. The topological polar surface area (TPSA) is 9.23 Å². The second-order valence-electron chi connectivity index (χ2n) is 3.78. The molecule has 0 atom stereocenters. The molecular formula is C14H11Cl3O. The van der Waals surface area contributed by atoms with Gasteiger partial charge in [-0.3, -0.25) is 0 Å². The van der Waals surface area contributed by atoms with Gasteiger partial charge in [0, 0.05) is 10.0 Å². The summed E-state index contributed by atoms with van der Waals surface area (Å²) in [6, 6.07) is 10.7. The van der Waals surface area contributed by atoms with Crippen molar-refractivity contribution >= 4 is 34.8 Å². The summed E-state index contributed by atoms with van der Waals surface area (Å²) in [7, 11) is 0. The van der Waals surface area contributed by atoms with Crippen LogP contribution in [0.25, 0.3) is 0 Å². The maximum atomic E-state index is 6.07. The molecule has 0 N–H and O–H groups in total. The molecule has 0 aliphatic heterocycles. The largest absolute Gasteiger partial charge is 0.456 e. The van der Waals surface area contributed by atoms with Gasteiger partial charge in [0.15, 0.2) is 0 Å². The molecule has 4 heteroatoms. The van der Waals surface area contributed by atoms with Gasteiger partial charge in [0.05, 0.1) is 5.02 Å². The zero-order chi connectivity index (χ0) is 13.1. The maximum absolute atomic E-state index is 6.07. The van der Waals surface area contributed by atoms with Crippen LogP contribution in [0, 0.1) is 0 Å². The number of rotatable bonds is 3. The highest BCUT2D eigenvalue weighted by molar-refractivity contribution is 6.35. The summed E-state index contributed by atoms with van der Waals surface area (Å²) in [6.45, 7) is 2.04. The molecule has 2 rings (SSSR count). The minimum Gasteiger partial charge on any atom is -0.456 e. The van der Waals surface area contributed by atoms with Gasteiger partial charge in [-0.05, 0) is 48.4 Å². The number of ether oxygens (including phenoxy) is 1. The minimum absolute atomic E-state index is 0.486. The van der Waals surface area contributed by atoms with Crippen molar-refractivity contribution < 1.29 is 4.74 Å². The van der Waals surface area contributed by atoms with E-state index in [1.165, 1.54) is 0 Å². The van der Waals surface area contributed by atoms with Crippen LogP contribution >= 0.6 is 34.8 Å². The van der Waals surface area contributed by atoms with E-state index in [9.17, 15) is 0 Å². The predicted octanol–water partition coefficient (Wildman–Crippen LogP) is 6.00. The molecule has 0 unspecified atom stereocenters. The monoisotopic (exact) mass is 300 g/mol. The van der Waals surface area contributed by atoms with E-state index in [-0.39, 0.29) is 0 Å². The molecule has 0 aliphatic rings. The number of benzene rings is 2. The van der Waals surface area contributed by atoms with Crippen molar-refractivity contribution in [2.45, 2.75) is 13.3 Å². The summed E-state index contributed by atoms with van der Waals surface area (Å²) in [5.41, 5.74) is 1.04. The second kappa shape index (κ2) is 5.83. The van der Waals surface area contributed by atoms with Crippen molar-refractivity contribution in [1.82, 2.24) is 0 Å². The first-order valence-electron chi connectivity index (χ1n) is 5.51. The fourth-order valence-electron chi connectivity index (χ4n) is 1.60. The first kappa shape index (κ1) is 13.5. The molecule has 0 saturated carbocycles. The normalized spacial score (nSPS) is 10.4. The summed E-state index contributed by atoms with van der Waals surface area (Å²) < 4.78 is 5.79. The average molecular weight is 302 g/mol. The first-order valence-corrected chi connectivity index (χ1v) is 6.65. The van der Waals surface area contributed by atoms with Crippen molar-refractivity contribution in [2.75, 3.05) is 0 Å². The van der Waals surface area contributed by atoms with Crippen LogP contribution in [0.2, 0.25) is 15.1 Å². The lowest BCUT2D eigenvalue weighted by atomic mass is 10.1. The molecule has 0 saturated heterocycles. The molecule has 1 nitrogen and oxygen atoms in total. The quantitative estimate of drug-likeness (QED) is 0.675. The number of hydrogen-bond acceptors (Lipinski definition) is 1. The summed E-state index contributed by atoms with van der Waals surface area (Å²) >= 11 is 17.9. The Morgan fingerprint density at radius 3 is 2.11 bits per heavy atom. The molecule has 0 amide bonds. The van der Waals surface area contributed by atoms with Crippen LogP contribution in [-0.2, 0) is 6.42 Å². The van der Waals surface area contributed by atoms with E-state index in [1.807, 2.05) is 19.1 Å². The highest BCUT2D eigenvalue weighted by Gasteiger charge is 2.07. The molecule has 2 aromatic carbocycles. The van der Waals surface area contributed by atoms with Crippen molar-refractivity contribution in [3.63, 3.8) is 0 Å². The van der Waals surface area contributed by atoms with E-state index in [1.54, 1.807) is 24.3 Å². The van der Waals surface area contributed by atoms with E-state index in [2.05, 4.69) is 0 Å². The Kier molecular flexibility index (Phi) is 4.39. The number of aryl methyl sites for hydroxylation is 1. The van der Waals surface area contributed by atoms with Gasteiger partial charge in [0.2, 0.25) is 0 Å². The molecule has 0 fully saturated rings. The third-order valence-electron chi connectivity index (χ3n) is 2.52. The van der Waals surface area contributed by atoms with E-state index in [0.717, 1.165) is 17.7 Å². The van der Waals surface area contributed by atoms with Crippen LogP contribution < -0.4 is 4.74 Å². The zero-order valence-corrected chi connectivity index (χ0v) is 12.0. The SMILES string of the molecule is CCc1cc(Cl)ccc1Oc1ccc(Cl)cc1Cl. The molecular weight excluding hydrogens is 291 g/mol. The van der Waals surface area contributed by atoms with E-state index in [4.69, 9.17) is 39.5 Å². The van der Waals surface area contributed by atoms with Crippen LogP contribution in [0.15, 0.2) is 36.4 Å². The lowest BCUT2D eigenvalue weighted by Crippen LogP contribution is -1.91. The predicted molar refractivity (Wildman–Crippen MR) is 77.4 cm³/mol. The summed E-state index contributed by atoms with van der Waals surface area (Å²) in [5.74, 6) is 1.34. The van der Waals surface area contributed by atoms with Crippen molar-refractivity contribution in [2.24, 2.45) is 0 Å². The molecule has 0 radical (unpaired) electrons. The molecule has 0 spiro atoms. The Hall–Kier alpha value is -0.890. The average Bonchev–Trinajstić information content (AvgIpc) is 2.34. The van der Waals surface area contributed by atoms with Crippen molar-refractivity contribution in [3.8, 4) is 11.5 Å². The third kappa shape index (κ3) is 3.11. The molecule has 0 aromatic heterocycles. The lowest BCUT2D eigenvalue weighted by Gasteiger charge is -2.11. The highest BCUT2D eigenvalue weighted by atomic mass is 35.5. The van der Waals surface area contributed by atoms with Crippen molar-refractivity contribution in [3.05, 3.63) is 57.0 Å². The van der Waals surface area contributed by atoms with Crippen LogP contribution in [0.4, 0.5) is 0 Å². The summed E-state index contributed by atoms with van der Waals surface area (Å²) in [5, 5.41) is 1.76.